The van der Waals surface area contributed by atoms with Crippen LogP contribution in [0.1, 0.15) is 12.8 Å². The predicted molar refractivity (Wildman–Crippen MR) is 54.3 cm³/mol. The molecule has 2 nitrogen and oxygen atoms in total. The molecule has 0 aromatic heterocycles. The van der Waals surface area contributed by atoms with E-state index in [1.54, 1.807) is 18.2 Å². The van der Waals surface area contributed by atoms with E-state index in [2.05, 4.69) is 13.2 Å². The summed E-state index contributed by atoms with van der Waals surface area (Å²) in [6.07, 6.45) is 6.91. The van der Waals surface area contributed by atoms with Crippen molar-refractivity contribution in [2.24, 2.45) is 0 Å². The Kier molecular flexibility index (Phi) is 3.50. The number of hydrogen-bond donors (Lipinski definition) is 0. The van der Waals surface area contributed by atoms with E-state index < -0.39 is 0 Å². The third-order valence-corrected chi connectivity index (χ3v) is 2.06. The van der Waals surface area contributed by atoms with Crippen molar-refractivity contribution in [3.05, 3.63) is 37.0 Å². The van der Waals surface area contributed by atoms with Gasteiger partial charge in [-0.05, 0) is 12.8 Å². The molecule has 1 aliphatic rings. The molecule has 1 aliphatic heterocycles. The van der Waals surface area contributed by atoms with Gasteiger partial charge in [-0.3, -0.25) is 4.79 Å². The molecule has 0 unspecified atom stereocenters. The molecule has 2 heteroatoms. The molecule has 1 amide bonds. The highest BCUT2D eigenvalue weighted by molar-refractivity contribution is 5.88. The van der Waals surface area contributed by atoms with Crippen LogP contribution in [-0.4, -0.2) is 23.9 Å². The van der Waals surface area contributed by atoms with Crippen molar-refractivity contribution >= 4 is 5.91 Å². The molecule has 0 radical (unpaired) electrons. The third kappa shape index (κ3) is 2.90. The maximum absolute atomic E-state index is 11.5. The van der Waals surface area contributed by atoms with Crippen molar-refractivity contribution in [1.29, 1.82) is 0 Å². The summed E-state index contributed by atoms with van der Waals surface area (Å²) < 4.78 is 0. The molecule has 0 spiro atoms. The number of likely N-dealkylation sites (tertiary alicyclic amines) is 1. The summed E-state index contributed by atoms with van der Waals surface area (Å²) in [6, 6.07) is 0. The highest BCUT2D eigenvalue weighted by atomic mass is 16.2. The van der Waals surface area contributed by atoms with Crippen LogP contribution in [0.5, 0.6) is 0 Å². The van der Waals surface area contributed by atoms with Gasteiger partial charge in [0, 0.05) is 19.2 Å². The fourth-order valence-corrected chi connectivity index (χ4v) is 1.39. The molecule has 13 heavy (non-hydrogen) atoms. The second kappa shape index (κ2) is 4.65. The minimum Gasteiger partial charge on any atom is -0.335 e. The predicted octanol–water partition coefficient (Wildman–Crippen LogP) is 1.91. The fourth-order valence-electron chi connectivity index (χ4n) is 1.39. The molecule has 0 atom stereocenters. The molecule has 1 fully saturated rings. The van der Waals surface area contributed by atoms with Crippen LogP contribution in [0.4, 0.5) is 0 Å². The average molecular weight is 177 g/mol. The lowest BCUT2D eigenvalue weighted by Gasteiger charge is -2.27. The fraction of sp³-hybridized carbons (Fsp3) is 0.364. The molecule has 0 saturated carbocycles. The number of carbonyl (C=O) groups is 1. The highest BCUT2D eigenvalue weighted by Crippen LogP contribution is 2.13. The average Bonchev–Trinajstić information content (AvgIpc) is 2.14. The summed E-state index contributed by atoms with van der Waals surface area (Å²) in [5.41, 5.74) is 1.15. The Morgan fingerprint density at radius 2 is 2.31 bits per heavy atom. The van der Waals surface area contributed by atoms with Crippen LogP contribution < -0.4 is 0 Å². The summed E-state index contributed by atoms with van der Waals surface area (Å²) >= 11 is 0. The van der Waals surface area contributed by atoms with E-state index in [0.29, 0.717) is 6.54 Å². The van der Waals surface area contributed by atoms with Gasteiger partial charge in [0.2, 0.25) is 5.91 Å². The first-order valence-electron chi connectivity index (χ1n) is 4.48. The van der Waals surface area contributed by atoms with Crippen LogP contribution in [0.25, 0.3) is 0 Å². The summed E-state index contributed by atoms with van der Waals surface area (Å²) in [5.74, 6) is 0.0563. The Bertz CT molecular complexity index is 253. The lowest BCUT2D eigenvalue weighted by atomic mass is 10.1. The molecule has 70 valence electrons. The Morgan fingerprint density at radius 1 is 1.54 bits per heavy atom. The number of carbonyl (C=O) groups excluding carboxylic acids is 1. The zero-order chi connectivity index (χ0) is 9.68. The standard InChI is InChI=1S/C11H15NO/c1-3-4-7-11(13)12-8-5-6-10(2)9-12/h3-4,7H,1-2,5-6,8-9H2/b7-4+. The van der Waals surface area contributed by atoms with Gasteiger partial charge >= 0.3 is 0 Å². The SMILES string of the molecule is C=C/C=C/C(=O)N1CCCC(=C)C1. The van der Waals surface area contributed by atoms with Crippen LogP contribution in [0.15, 0.2) is 37.0 Å². The minimum atomic E-state index is 0.0563. The van der Waals surface area contributed by atoms with E-state index in [9.17, 15) is 4.79 Å². The van der Waals surface area contributed by atoms with E-state index in [-0.39, 0.29) is 5.91 Å². The van der Waals surface area contributed by atoms with Crippen molar-refractivity contribution in [3.63, 3.8) is 0 Å². The van der Waals surface area contributed by atoms with E-state index in [1.807, 2.05) is 4.90 Å². The molecule has 0 N–H and O–H groups in total. The summed E-state index contributed by atoms with van der Waals surface area (Å²) in [6.45, 7) is 8.96. The van der Waals surface area contributed by atoms with Crippen LogP contribution in [0.2, 0.25) is 0 Å². The highest BCUT2D eigenvalue weighted by Gasteiger charge is 2.15. The maximum Gasteiger partial charge on any atom is 0.246 e. The van der Waals surface area contributed by atoms with Gasteiger partial charge in [0.1, 0.15) is 0 Å². The summed E-state index contributed by atoms with van der Waals surface area (Å²) in [7, 11) is 0. The molecule has 0 aliphatic carbocycles. The minimum absolute atomic E-state index is 0.0563. The first-order chi connectivity index (χ1) is 6.24. The third-order valence-electron chi connectivity index (χ3n) is 2.06. The monoisotopic (exact) mass is 177 g/mol. The van der Waals surface area contributed by atoms with E-state index in [4.69, 9.17) is 0 Å². The van der Waals surface area contributed by atoms with Crippen LogP contribution in [0.3, 0.4) is 0 Å². The van der Waals surface area contributed by atoms with Crippen molar-refractivity contribution in [2.45, 2.75) is 12.8 Å². The Hall–Kier alpha value is -1.31. The lowest BCUT2D eigenvalue weighted by molar-refractivity contribution is -0.126. The molecule has 0 aromatic rings. The van der Waals surface area contributed by atoms with Gasteiger partial charge in [-0.15, -0.1) is 0 Å². The van der Waals surface area contributed by atoms with Crippen molar-refractivity contribution < 1.29 is 4.79 Å². The number of piperidine rings is 1. The molecular weight excluding hydrogens is 162 g/mol. The Morgan fingerprint density at radius 3 is 2.92 bits per heavy atom. The van der Waals surface area contributed by atoms with Gasteiger partial charge < -0.3 is 4.90 Å². The van der Waals surface area contributed by atoms with Gasteiger partial charge in [0.15, 0.2) is 0 Å². The number of hydrogen-bond acceptors (Lipinski definition) is 1. The van der Waals surface area contributed by atoms with Crippen molar-refractivity contribution in [1.82, 2.24) is 4.90 Å². The van der Waals surface area contributed by atoms with Gasteiger partial charge in [-0.1, -0.05) is 30.9 Å². The van der Waals surface area contributed by atoms with Gasteiger partial charge in [-0.2, -0.15) is 0 Å². The molecule has 0 bridgehead atoms. The second-order valence-electron chi connectivity index (χ2n) is 3.21. The van der Waals surface area contributed by atoms with Crippen LogP contribution >= 0.6 is 0 Å². The van der Waals surface area contributed by atoms with Crippen LogP contribution in [-0.2, 0) is 4.79 Å². The molecule has 1 rings (SSSR count). The van der Waals surface area contributed by atoms with E-state index in [1.165, 1.54) is 0 Å². The normalized spacial score (nSPS) is 17.8. The summed E-state index contributed by atoms with van der Waals surface area (Å²) in [5, 5.41) is 0. The van der Waals surface area contributed by atoms with E-state index >= 15 is 0 Å². The first-order valence-corrected chi connectivity index (χ1v) is 4.48. The number of amides is 1. The molecule has 1 heterocycles. The second-order valence-corrected chi connectivity index (χ2v) is 3.21. The molecule has 0 aromatic carbocycles. The van der Waals surface area contributed by atoms with Gasteiger partial charge in [0.05, 0.1) is 0 Å². The number of nitrogens with zero attached hydrogens (tertiary/aromatic N) is 1. The molecule has 1 saturated heterocycles. The zero-order valence-electron chi connectivity index (χ0n) is 7.83. The quantitative estimate of drug-likeness (QED) is 0.358. The Balaban J connectivity index is 2.50. The molecular formula is C11H15NO. The number of rotatable bonds is 2. The largest absolute Gasteiger partial charge is 0.335 e. The topological polar surface area (TPSA) is 20.3 Å². The van der Waals surface area contributed by atoms with Gasteiger partial charge in [-0.25, -0.2) is 0 Å². The van der Waals surface area contributed by atoms with Crippen LogP contribution in [0, 0.1) is 0 Å². The first kappa shape index (κ1) is 9.78. The van der Waals surface area contributed by atoms with Crippen molar-refractivity contribution in [2.75, 3.05) is 13.1 Å². The lowest BCUT2D eigenvalue weighted by Crippen LogP contribution is -2.35. The van der Waals surface area contributed by atoms with Gasteiger partial charge in [0.25, 0.3) is 0 Å². The smallest absolute Gasteiger partial charge is 0.246 e. The maximum atomic E-state index is 11.5. The summed E-state index contributed by atoms with van der Waals surface area (Å²) in [4.78, 5) is 13.3. The number of allylic oxidation sites excluding steroid dienone is 2. The van der Waals surface area contributed by atoms with Crippen molar-refractivity contribution in [3.8, 4) is 0 Å². The van der Waals surface area contributed by atoms with E-state index in [0.717, 1.165) is 25.0 Å². The Labute approximate surface area is 79.2 Å². The zero-order valence-corrected chi connectivity index (χ0v) is 7.83.